The van der Waals surface area contributed by atoms with Crippen LogP contribution in [0.5, 0.6) is 5.75 Å². The minimum absolute atomic E-state index is 0.0681. The quantitative estimate of drug-likeness (QED) is 0.705. The van der Waals surface area contributed by atoms with Gasteiger partial charge in [-0.1, -0.05) is 0 Å². The van der Waals surface area contributed by atoms with E-state index in [-0.39, 0.29) is 29.6 Å². The van der Waals surface area contributed by atoms with E-state index in [4.69, 9.17) is 4.74 Å². The summed E-state index contributed by atoms with van der Waals surface area (Å²) in [5, 5.41) is 12.1. The van der Waals surface area contributed by atoms with E-state index in [2.05, 4.69) is 26.0 Å². The summed E-state index contributed by atoms with van der Waals surface area (Å²) in [6.07, 6.45) is 2.05. The molecule has 1 aromatic rings. The molecule has 1 saturated carbocycles. The van der Waals surface area contributed by atoms with Crippen molar-refractivity contribution in [2.45, 2.75) is 42.7 Å². The summed E-state index contributed by atoms with van der Waals surface area (Å²) in [6, 6.07) is 2.73. The monoisotopic (exact) mass is 404 g/mol. The number of amides is 1. The van der Waals surface area contributed by atoms with Crippen LogP contribution in [-0.4, -0.2) is 38.2 Å². The summed E-state index contributed by atoms with van der Waals surface area (Å²) in [6.45, 7) is -0.137. The maximum atomic E-state index is 12.6. The van der Waals surface area contributed by atoms with Gasteiger partial charge in [-0.2, -0.15) is 0 Å². The summed E-state index contributed by atoms with van der Waals surface area (Å²) in [5.74, 6) is 0.0473. The number of halogens is 1. The lowest BCUT2D eigenvalue weighted by Crippen LogP contribution is -2.38. The highest BCUT2D eigenvalue weighted by molar-refractivity contribution is 9.10. The zero-order chi connectivity index (χ0) is 16.6. The lowest BCUT2D eigenvalue weighted by Gasteiger charge is -2.26. The Morgan fingerprint density at radius 1 is 1.26 bits per heavy atom. The molecule has 9 heteroatoms. The Bertz CT molecular complexity index is 729. The molecule has 1 heterocycles. The Balaban J connectivity index is 1.84. The number of hydrogen-bond donors (Lipinski definition) is 3. The number of sulfonamides is 1. The average Bonchev–Trinajstić information content (AvgIpc) is 2.48. The predicted octanol–water partition coefficient (Wildman–Crippen LogP) is 1.36. The van der Waals surface area contributed by atoms with Crippen LogP contribution in [0.15, 0.2) is 21.5 Å². The molecule has 2 aliphatic rings. The highest BCUT2D eigenvalue weighted by Gasteiger charge is 2.28. The Morgan fingerprint density at radius 2 is 1.96 bits per heavy atom. The molecule has 1 aliphatic heterocycles. The summed E-state index contributed by atoms with van der Waals surface area (Å²) in [4.78, 5) is 11.4. The lowest BCUT2D eigenvalue weighted by atomic mass is 9.94. The molecule has 3 N–H and O–H groups in total. The van der Waals surface area contributed by atoms with Gasteiger partial charge in [-0.15, -0.1) is 0 Å². The lowest BCUT2D eigenvalue weighted by molar-refractivity contribution is -0.118. The van der Waals surface area contributed by atoms with E-state index < -0.39 is 10.0 Å². The number of carbonyl (C=O) groups is 1. The minimum atomic E-state index is -3.73. The Hall–Kier alpha value is -1.16. The molecule has 7 nitrogen and oxygen atoms in total. The van der Waals surface area contributed by atoms with Crippen LogP contribution in [0.1, 0.15) is 25.7 Å². The van der Waals surface area contributed by atoms with Gasteiger partial charge in [0.15, 0.2) is 6.61 Å². The van der Waals surface area contributed by atoms with Crippen LogP contribution >= 0.6 is 15.9 Å². The maximum absolute atomic E-state index is 12.6. The molecule has 0 bridgehead atoms. The largest absolute Gasteiger partial charge is 0.482 e. The topological polar surface area (TPSA) is 105 Å². The number of aliphatic hydroxyl groups is 1. The van der Waals surface area contributed by atoms with E-state index in [1.807, 2.05) is 0 Å². The van der Waals surface area contributed by atoms with Crippen molar-refractivity contribution >= 4 is 37.5 Å². The predicted molar refractivity (Wildman–Crippen MR) is 86.9 cm³/mol. The van der Waals surface area contributed by atoms with Crippen LogP contribution in [0.4, 0.5) is 5.69 Å². The van der Waals surface area contributed by atoms with Crippen molar-refractivity contribution in [3.05, 3.63) is 16.6 Å². The van der Waals surface area contributed by atoms with Gasteiger partial charge >= 0.3 is 0 Å². The number of nitrogens with one attached hydrogen (secondary N) is 2. The molecule has 1 amide bonds. The van der Waals surface area contributed by atoms with Gasteiger partial charge in [0.05, 0.1) is 16.7 Å². The van der Waals surface area contributed by atoms with E-state index in [1.54, 1.807) is 0 Å². The van der Waals surface area contributed by atoms with Crippen molar-refractivity contribution in [2.24, 2.45) is 0 Å². The Morgan fingerprint density at radius 3 is 2.65 bits per heavy atom. The van der Waals surface area contributed by atoms with Crippen LogP contribution in [0, 0.1) is 0 Å². The second-order valence-electron chi connectivity index (χ2n) is 5.74. The van der Waals surface area contributed by atoms with Crippen molar-refractivity contribution in [1.82, 2.24) is 4.72 Å². The number of carbonyl (C=O) groups excluding carboxylic acids is 1. The van der Waals surface area contributed by atoms with Gasteiger partial charge < -0.3 is 15.2 Å². The fraction of sp³-hybridized carbons (Fsp3) is 0.500. The van der Waals surface area contributed by atoms with Crippen LogP contribution in [0.3, 0.4) is 0 Å². The first kappa shape index (κ1) is 16.7. The molecule has 0 atom stereocenters. The molecule has 0 aromatic heterocycles. The van der Waals surface area contributed by atoms with Crippen molar-refractivity contribution in [3.8, 4) is 5.75 Å². The van der Waals surface area contributed by atoms with E-state index in [0.29, 0.717) is 41.6 Å². The molecule has 23 heavy (non-hydrogen) atoms. The van der Waals surface area contributed by atoms with E-state index >= 15 is 0 Å². The number of benzene rings is 1. The van der Waals surface area contributed by atoms with Crippen molar-refractivity contribution in [2.75, 3.05) is 11.9 Å². The van der Waals surface area contributed by atoms with E-state index in [1.165, 1.54) is 12.1 Å². The number of hydrogen-bond acceptors (Lipinski definition) is 5. The molecule has 126 valence electrons. The van der Waals surface area contributed by atoms with Crippen molar-refractivity contribution in [1.29, 1.82) is 0 Å². The third kappa shape index (κ3) is 3.68. The second kappa shape index (κ2) is 6.39. The SMILES string of the molecule is O=C1COc2cc(S(=O)(=O)NC3CCC(O)CC3)c(Br)cc2N1. The fourth-order valence-corrected chi connectivity index (χ4v) is 5.13. The third-order valence-electron chi connectivity index (χ3n) is 3.97. The number of ether oxygens (including phenoxy) is 1. The third-order valence-corrected chi connectivity index (χ3v) is 6.45. The fourth-order valence-electron chi connectivity index (χ4n) is 2.76. The first-order valence-electron chi connectivity index (χ1n) is 7.32. The summed E-state index contributed by atoms with van der Waals surface area (Å²) < 4.78 is 33.5. The first-order valence-corrected chi connectivity index (χ1v) is 9.59. The normalized spacial score (nSPS) is 24.5. The number of anilines is 1. The van der Waals surface area contributed by atoms with Crippen LogP contribution < -0.4 is 14.8 Å². The van der Waals surface area contributed by atoms with Crippen LogP contribution in [-0.2, 0) is 14.8 Å². The molecule has 0 unspecified atom stereocenters. The van der Waals surface area contributed by atoms with E-state index in [0.717, 1.165) is 0 Å². The van der Waals surface area contributed by atoms with Gasteiger partial charge in [-0.05, 0) is 47.7 Å². The summed E-state index contributed by atoms with van der Waals surface area (Å²) in [7, 11) is -3.73. The molecule has 1 aromatic carbocycles. The van der Waals surface area contributed by atoms with Crippen LogP contribution in [0.2, 0.25) is 0 Å². The highest BCUT2D eigenvalue weighted by atomic mass is 79.9. The van der Waals surface area contributed by atoms with Gasteiger partial charge in [-0.25, -0.2) is 13.1 Å². The van der Waals surface area contributed by atoms with Gasteiger partial charge in [-0.3, -0.25) is 4.79 Å². The van der Waals surface area contributed by atoms with Crippen molar-refractivity contribution < 1.29 is 23.1 Å². The minimum Gasteiger partial charge on any atom is -0.482 e. The molecular weight excluding hydrogens is 388 g/mol. The molecular formula is C14H17BrN2O5S. The number of fused-ring (bicyclic) bond motifs is 1. The second-order valence-corrected chi connectivity index (χ2v) is 8.28. The Labute approximate surface area is 142 Å². The van der Waals surface area contributed by atoms with Gasteiger partial charge in [0.25, 0.3) is 5.91 Å². The van der Waals surface area contributed by atoms with Crippen molar-refractivity contribution in [3.63, 3.8) is 0 Å². The molecule has 1 fully saturated rings. The van der Waals surface area contributed by atoms with Gasteiger partial charge in [0, 0.05) is 16.6 Å². The summed E-state index contributed by atoms with van der Waals surface area (Å²) >= 11 is 3.24. The number of rotatable bonds is 3. The average molecular weight is 405 g/mol. The molecule has 0 saturated heterocycles. The Kier molecular flexibility index (Phi) is 4.63. The molecule has 3 rings (SSSR count). The molecule has 0 spiro atoms. The first-order chi connectivity index (χ1) is 10.8. The zero-order valence-electron chi connectivity index (χ0n) is 12.2. The molecule has 0 radical (unpaired) electrons. The zero-order valence-corrected chi connectivity index (χ0v) is 14.6. The smallest absolute Gasteiger partial charge is 0.262 e. The standard InChI is InChI=1S/C14H17BrN2O5S/c15-10-5-11-12(22-7-14(19)16-11)6-13(10)23(20,21)17-8-1-3-9(18)4-2-8/h5-6,8-9,17-18H,1-4,7H2,(H,16,19). The summed E-state index contributed by atoms with van der Waals surface area (Å²) in [5.41, 5.74) is 0.438. The van der Waals surface area contributed by atoms with E-state index in [9.17, 15) is 18.3 Å². The van der Waals surface area contributed by atoms with Gasteiger partial charge in [0.1, 0.15) is 5.75 Å². The number of aliphatic hydroxyl groups excluding tert-OH is 1. The van der Waals surface area contributed by atoms with Gasteiger partial charge in [0.2, 0.25) is 10.0 Å². The van der Waals surface area contributed by atoms with Crippen LogP contribution in [0.25, 0.3) is 0 Å². The maximum Gasteiger partial charge on any atom is 0.262 e. The molecule has 1 aliphatic carbocycles. The highest BCUT2D eigenvalue weighted by Crippen LogP contribution is 2.36.